The van der Waals surface area contributed by atoms with Crippen LogP contribution in [-0.4, -0.2) is 19.6 Å². The lowest BCUT2D eigenvalue weighted by Gasteiger charge is -2.09. The Balaban J connectivity index is 1.84. The summed E-state index contributed by atoms with van der Waals surface area (Å²) >= 11 is 0. The zero-order valence-electron chi connectivity index (χ0n) is 12.3. The monoisotopic (exact) mass is 285 g/mol. The molecule has 2 aromatic rings. The Kier molecular flexibility index (Phi) is 5.21. The van der Waals surface area contributed by atoms with E-state index in [1.165, 1.54) is 11.6 Å². The van der Waals surface area contributed by atoms with E-state index in [1.54, 1.807) is 31.6 Å². The van der Waals surface area contributed by atoms with Gasteiger partial charge in [-0.25, -0.2) is 0 Å². The number of methoxy groups -OCH3 is 1. The SMILES string of the molecule is COc1ccc(C)cc1CCNC(=O)C=Cc1ccco1. The van der Waals surface area contributed by atoms with Crippen LogP contribution < -0.4 is 10.1 Å². The van der Waals surface area contributed by atoms with Gasteiger partial charge >= 0.3 is 0 Å². The number of benzene rings is 1. The van der Waals surface area contributed by atoms with Gasteiger partial charge < -0.3 is 14.5 Å². The summed E-state index contributed by atoms with van der Waals surface area (Å²) in [5.74, 6) is 1.37. The zero-order valence-corrected chi connectivity index (χ0v) is 12.3. The quantitative estimate of drug-likeness (QED) is 0.830. The van der Waals surface area contributed by atoms with Crippen LogP contribution in [0.25, 0.3) is 6.08 Å². The summed E-state index contributed by atoms with van der Waals surface area (Å²) in [7, 11) is 1.65. The highest BCUT2D eigenvalue weighted by molar-refractivity contribution is 5.91. The van der Waals surface area contributed by atoms with Gasteiger partial charge in [-0.3, -0.25) is 4.79 Å². The Morgan fingerprint density at radius 2 is 2.24 bits per heavy atom. The van der Waals surface area contributed by atoms with Gasteiger partial charge in [0.1, 0.15) is 11.5 Å². The highest BCUT2D eigenvalue weighted by Crippen LogP contribution is 2.19. The van der Waals surface area contributed by atoms with Crippen LogP contribution in [0.2, 0.25) is 0 Å². The number of hydrogen-bond donors (Lipinski definition) is 1. The number of hydrogen-bond acceptors (Lipinski definition) is 3. The van der Waals surface area contributed by atoms with Crippen LogP contribution in [0.1, 0.15) is 16.9 Å². The number of furan rings is 1. The summed E-state index contributed by atoms with van der Waals surface area (Å²) in [6, 6.07) is 9.60. The third kappa shape index (κ3) is 4.53. The molecule has 0 saturated carbocycles. The lowest BCUT2D eigenvalue weighted by molar-refractivity contribution is -0.116. The maximum Gasteiger partial charge on any atom is 0.244 e. The minimum absolute atomic E-state index is 0.141. The molecule has 1 heterocycles. The Hall–Kier alpha value is -2.49. The molecule has 4 nitrogen and oxygen atoms in total. The average molecular weight is 285 g/mol. The molecule has 1 N–H and O–H groups in total. The topological polar surface area (TPSA) is 51.5 Å². The number of carbonyl (C=O) groups excluding carboxylic acids is 1. The van der Waals surface area contributed by atoms with E-state index in [1.807, 2.05) is 19.1 Å². The van der Waals surface area contributed by atoms with Gasteiger partial charge in [0, 0.05) is 12.6 Å². The third-order valence-electron chi connectivity index (χ3n) is 3.07. The van der Waals surface area contributed by atoms with Crippen molar-refractivity contribution in [1.82, 2.24) is 5.32 Å². The number of amides is 1. The number of nitrogens with one attached hydrogen (secondary N) is 1. The van der Waals surface area contributed by atoms with Crippen molar-refractivity contribution in [3.05, 3.63) is 59.6 Å². The smallest absolute Gasteiger partial charge is 0.244 e. The predicted molar refractivity (Wildman–Crippen MR) is 82.2 cm³/mol. The fraction of sp³-hybridized carbons (Fsp3) is 0.235. The molecule has 0 radical (unpaired) electrons. The van der Waals surface area contributed by atoms with Crippen LogP contribution in [0.15, 0.2) is 47.1 Å². The van der Waals surface area contributed by atoms with E-state index in [9.17, 15) is 4.79 Å². The van der Waals surface area contributed by atoms with Crippen molar-refractivity contribution in [2.75, 3.05) is 13.7 Å². The minimum Gasteiger partial charge on any atom is -0.496 e. The molecule has 1 amide bonds. The van der Waals surface area contributed by atoms with Crippen LogP contribution in [0.4, 0.5) is 0 Å². The summed E-state index contributed by atoms with van der Waals surface area (Å²) in [6.45, 7) is 2.59. The Bertz CT molecular complexity index is 615. The van der Waals surface area contributed by atoms with Gasteiger partial charge in [0.25, 0.3) is 0 Å². The maximum atomic E-state index is 11.7. The van der Waals surface area contributed by atoms with Crippen molar-refractivity contribution in [3.63, 3.8) is 0 Å². The first-order valence-corrected chi connectivity index (χ1v) is 6.82. The van der Waals surface area contributed by atoms with Crippen LogP contribution >= 0.6 is 0 Å². The van der Waals surface area contributed by atoms with Crippen molar-refractivity contribution in [2.24, 2.45) is 0 Å². The van der Waals surface area contributed by atoms with Crippen molar-refractivity contribution in [1.29, 1.82) is 0 Å². The molecule has 0 saturated heterocycles. The molecule has 4 heteroatoms. The van der Waals surface area contributed by atoms with E-state index in [4.69, 9.17) is 9.15 Å². The van der Waals surface area contributed by atoms with Gasteiger partial charge in [-0.1, -0.05) is 17.7 Å². The zero-order chi connectivity index (χ0) is 15.1. The second-order valence-corrected chi connectivity index (χ2v) is 4.71. The molecule has 0 atom stereocenters. The van der Waals surface area contributed by atoms with E-state index in [0.29, 0.717) is 12.3 Å². The Morgan fingerprint density at radius 1 is 1.38 bits per heavy atom. The van der Waals surface area contributed by atoms with Crippen molar-refractivity contribution < 1.29 is 13.9 Å². The summed E-state index contributed by atoms with van der Waals surface area (Å²) in [4.78, 5) is 11.7. The molecule has 1 aromatic heterocycles. The van der Waals surface area contributed by atoms with E-state index in [-0.39, 0.29) is 5.91 Å². The second-order valence-electron chi connectivity index (χ2n) is 4.71. The standard InChI is InChI=1S/C17H19NO3/c1-13-5-7-16(20-2)14(12-13)9-10-18-17(19)8-6-15-4-3-11-21-15/h3-8,11-12H,9-10H2,1-2H3,(H,18,19). The lowest BCUT2D eigenvalue weighted by Crippen LogP contribution is -2.23. The number of aryl methyl sites for hydroxylation is 1. The molecule has 0 fully saturated rings. The van der Waals surface area contributed by atoms with E-state index < -0.39 is 0 Å². The summed E-state index contributed by atoms with van der Waals surface area (Å²) in [5.41, 5.74) is 2.27. The van der Waals surface area contributed by atoms with E-state index in [0.717, 1.165) is 17.7 Å². The molecule has 0 aliphatic rings. The van der Waals surface area contributed by atoms with Crippen molar-refractivity contribution >= 4 is 12.0 Å². The largest absolute Gasteiger partial charge is 0.496 e. The van der Waals surface area contributed by atoms with E-state index in [2.05, 4.69) is 11.4 Å². The van der Waals surface area contributed by atoms with Crippen LogP contribution in [0.5, 0.6) is 5.75 Å². The molecule has 0 aliphatic heterocycles. The maximum absolute atomic E-state index is 11.7. The fourth-order valence-electron chi connectivity index (χ4n) is 2.03. The molecule has 0 bridgehead atoms. The molecule has 1 aromatic carbocycles. The first kappa shape index (κ1) is 14.9. The Labute approximate surface area is 124 Å². The van der Waals surface area contributed by atoms with E-state index >= 15 is 0 Å². The molecule has 0 aliphatic carbocycles. The first-order valence-electron chi connectivity index (χ1n) is 6.82. The molecule has 0 spiro atoms. The average Bonchev–Trinajstić information content (AvgIpc) is 2.99. The van der Waals surface area contributed by atoms with Crippen LogP contribution in [-0.2, 0) is 11.2 Å². The fourth-order valence-corrected chi connectivity index (χ4v) is 2.03. The Morgan fingerprint density at radius 3 is 2.95 bits per heavy atom. The van der Waals surface area contributed by atoms with Gasteiger partial charge in [0.15, 0.2) is 0 Å². The predicted octanol–water partition coefficient (Wildman–Crippen LogP) is 2.97. The molecular formula is C17H19NO3. The van der Waals surface area contributed by atoms with Gasteiger partial charge in [0.2, 0.25) is 5.91 Å². The molecule has 21 heavy (non-hydrogen) atoms. The third-order valence-corrected chi connectivity index (χ3v) is 3.07. The normalized spacial score (nSPS) is 10.8. The summed E-state index contributed by atoms with van der Waals surface area (Å²) in [6.07, 6.45) is 5.40. The second kappa shape index (κ2) is 7.33. The van der Waals surface area contributed by atoms with Crippen LogP contribution in [0.3, 0.4) is 0 Å². The minimum atomic E-state index is -0.141. The molecule has 2 rings (SSSR count). The van der Waals surface area contributed by atoms with Gasteiger partial charge in [-0.2, -0.15) is 0 Å². The summed E-state index contributed by atoms with van der Waals surface area (Å²) < 4.78 is 10.4. The first-order chi connectivity index (χ1) is 10.2. The van der Waals surface area contributed by atoms with Crippen molar-refractivity contribution in [3.8, 4) is 5.75 Å². The highest BCUT2D eigenvalue weighted by atomic mass is 16.5. The number of ether oxygens (including phenoxy) is 1. The molecule has 0 unspecified atom stereocenters. The highest BCUT2D eigenvalue weighted by Gasteiger charge is 2.03. The van der Waals surface area contributed by atoms with Crippen molar-refractivity contribution in [2.45, 2.75) is 13.3 Å². The van der Waals surface area contributed by atoms with Crippen LogP contribution in [0, 0.1) is 6.92 Å². The number of rotatable bonds is 6. The number of carbonyl (C=O) groups is 1. The van der Waals surface area contributed by atoms with Gasteiger partial charge in [-0.15, -0.1) is 0 Å². The van der Waals surface area contributed by atoms with Gasteiger partial charge in [0.05, 0.1) is 13.4 Å². The molecular weight excluding hydrogens is 266 g/mol. The van der Waals surface area contributed by atoms with Gasteiger partial charge in [-0.05, 0) is 43.2 Å². The summed E-state index contributed by atoms with van der Waals surface area (Å²) in [5, 5.41) is 2.84. The molecule has 110 valence electrons. The lowest BCUT2D eigenvalue weighted by atomic mass is 10.1.